The third-order valence-corrected chi connectivity index (χ3v) is 2.56. The number of aliphatic hydroxyl groups is 2. The van der Waals surface area contributed by atoms with Crippen molar-refractivity contribution >= 4 is 12.1 Å². The molecule has 0 aliphatic rings. The number of rotatable bonds is 9. The van der Waals surface area contributed by atoms with Gasteiger partial charge in [0.2, 0.25) is 0 Å². The second-order valence-electron chi connectivity index (χ2n) is 5.21. The van der Waals surface area contributed by atoms with Crippen LogP contribution in [0.5, 0.6) is 0 Å². The van der Waals surface area contributed by atoms with Gasteiger partial charge in [-0.25, -0.2) is 9.98 Å². The predicted molar refractivity (Wildman–Crippen MR) is 78.6 cm³/mol. The fourth-order valence-corrected chi connectivity index (χ4v) is 1.55. The monoisotopic (exact) mass is 272 g/mol. The lowest BCUT2D eigenvalue weighted by molar-refractivity contribution is -0.199. The minimum Gasteiger partial charge on any atom is -0.387 e. The lowest BCUT2D eigenvalue weighted by atomic mass is 10.1. The van der Waals surface area contributed by atoms with E-state index in [1.54, 1.807) is 27.7 Å². The molecule has 0 rings (SSSR count). The molecule has 0 bridgehead atoms. The average molecular weight is 272 g/mol. The molecule has 19 heavy (non-hydrogen) atoms. The number of ether oxygens (including phenoxy) is 1. The zero-order valence-corrected chi connectivity index (χ0v) is 12.8. The normalized spacial score (nSPS) is 16.9. The predicted octanol–water partition coefficient (Wildman–Crippen LogP) is 2.51. The quantitative estimate of drug-likeness (QED) is 0.293. The molecule has 2 atom stereocenters. The summed E-state index contributed by atoms with van der Waals surface area (Å²) >= 11 is 0. The van der Waals surface area contributed by atoms with Gasteiger partial charge in [-0.15, -0.1) is 0 Å². The Balaban J connectivity index is 4.15. The first-order valence-corrected chi connectivity index (χ1v) is 6.90. The molecule has 1 unspecified atom stereocenters. The Morgan fingerprint density at radius 3 is 2.53 bits per heavy atom. The van der Waals surface area contributed by atoms with Crippen molar-refractivity contribution in [2.24, 2.45) is 9.98 Å². The van der Waals surface area contributed by atoms with E-state index in [9.17, 15) is 10.2 Å². The van der Waals surface area contributed by atoms with E-state index in [-0.39, 0.29) is 0 Å². The molecule has 0 aromatic rings. The molecular formula is C14H28N2O3. The molecule has 0 amide bonds. The molecule has 2 N–H and O–H groups in total. The Kier molecular flexibility index (Phi) is 8.80. The van der Waals surface area contributed by atoms with Gasteiger partial charge in [-0.3, -0.25) is 0 Å². The van der Waals surface area contributed by atoms with E-state index >= 15 is 0 Å². The van der Waals surface area contributed by atoms with E-state index in [1.165, 1.54) is 6.34 Å². The molecule has 0 saturated carbocycles. The van der Waals surface area contributed by atoms with Gasteiger partial charge in [0.15, 0.2) is 12.0 Å². The zero-order chi connectivity index (χ0) is 14.9. The third-order valence-electron chi connectivity index (χ3n) is 2.56. The Morgan fingerprint density at radius 2 is 2.00 bits per heavy atom. The molecular weight excluding hydrogens is 244 g/mol. The van der Waals surface area contributed by atoms with E-state index in [0.29, 0.717) is 5.71 Å². The second kappa shape index (κ2) is 9.18. The topological polar surface area (TPSA) is 74.4 Å². The minimum absolute atomic E-state index is 0.478. The van der Waals surface area contributed by atoms with Crippen LogP contribution in [0.15, 0.2) is 9.98 Å². The standard InChI is InChI=1S/C14H28N2O3/c1-6-7-8-9-13(17)11(2)15-10-16-12(3)19-14(4,5)18/h10,12-13,17-18H,6-9H2,1-5H3/b15-11+,16-10-/t12?,13-/m1/s1. The molecule has 112 valence electrons. The lowest BCUT2D eigenvalue weighted by Gasteiger charge is -2.20. The zero-order valence-electron chi connectivity index (χ0n) is 12.8. The Hall–Kier alpha value is -0.780. The number of unbranched alkanes of at least 4 members (excludes halogenated alkanes) is 2. The van der Waals surface area contributed by atoms with Crippen molar-refractivity contribution in [2.75, 3.05) is 0 Å². The summed E-state index contributed by atoms with van der Waals surface area (Å²) in [5.74, 6) is -1.21. The molecule has 0 radical (unpaired) electrons. The van der Waals surface area contributed by atoms with Gasteiger partial charge in [-0.05, 0) is 34.1 Å². The highest BCUT2D eigenvalue weighted by Crippen LogP contribution is 2.08. The summed E-state index contributed by atoms with van der Waals surface area (Å²) in [6.45, 7) is 8.72. The molecule has 5 heteroatoms. The Morgan fingerprint density at radius 1 is 1.37 bits per heavy atom. The Labute approximate surface area is 116 Å². The van der Waals surface area contributed by atoms with Crippen LogP contribution in [0.25, 0.3) is 0 Å². The van der Waals surface area contributed by atoms with Crippen molar-refractivity contribution in [3.63, 3.8) is 0 Å². The van der Waals surface area contributed by atoms with E-state index in [2.05, 4.69) is 16.9 Å². The van der Waals surface area contributed by atoms with Gasteiger partial charge in [0, 0.05) is 5.71 Å². The van der Waals surface area contributed by atoms with Crippen molar-refractivity contribution in [1.82, 2.24) is 0 Å². The Bertz CT molecular complexity index is 296. The highest BCUT2D eigenvalue weighted by atomic mass is 16.6. The van der Waals surface area contributed by atoms with Crippen molar-refractivity contribution in [1.29, 1.82) is 0 Å². The van der Waals surface area contributed by atoms with Gasteiger partial charge in [0.1, 0.15) is 6.34 Å². The minimum atomic E-state index is -1.21. The van der Waals surface area contributed by atoms with Crippen LogP contribution in [0, 0.1) is 0 Å². The summed E-state index contributed by atoms with van der Waals surface area (Å²) in [5.41, 5.74) is 0.648. The van der Waals surface area contributed by atoms with Crippen LogP contribution >= 0.6 is 0 Å². The summed E-state index contributed by atoms with van der Waals surface area (Å²) < 4.78 is 5.19. The molecule has 5 nitrogen and oxygen atoms in total. The SMILES string of the molecule is CCCCC[C@@H](O)/C(C)=N/C=N\C(C)OC(C)(C)O. The first-order chi connectivity index (χ1) is 8.76. The van der Waals surface area contributed by atoms with Crippen LogP contribution in [0.2, 0.25) is 0 Å². The van der Waals surface area contributed by atoms with Crippen molar-refractivity contribution in [3.05, 3.63) is 0 Å². The van der Waals surface area contributed by atoms with Crippen LogP contribution < -0.4 is 0 Å². The summed E-state index contributed by atoms with van der Waals surface area (Å²) in [6, 6.07) is 0. The van der Waals surface area contributed by atoms with Gasteiger partial charge >= 0.3 is 0 Å². The van der Waals surface area contributed by atoms with Crippen molar-refractivity contribution in [3.8, 4) is 0 Å². The molecule has 0 fully saturated rings. The third kappa shape index (κ3) is 10.8. The summed E-state index contributed by atoms with van der Waals surface area (Å²) in [7, 11) is 0. The second-order valence-corrected chi connectivity index (χ2v) is 5.21. The van der Waals surface area contributed by atoms with E-state index < -0.39 is 18.1 Å². The first-order valence-electron chi connectivity index (χ1n) is 6.90. The number of hydrogen-bond acceptors (Lipinski definition) is 4. The van der Waals surface area contributed by atoms with Crippen LogP contribution in [0.3, 0.4) is 0 Å². The molecule has 0 heterocycles. The maximum Gasteiger partial charge on any atom is 0.162 e. The first kappa shape index (κ1) is 18.2. The fourth-order valence-electron chi connectivity index (χ4n) is 1.55. The van der Waals surface area contributed by atoms with Crippen LogP contribution in [-0.4, -0.2) is 40.4 Å². The fraction of sp³-hybridized carbons (Fsp3) is 0.857. The lowest BCUT2D eigenvalue weighted by Crippen LogP contribution is -2.27. The number of hydrogen-bond donors (Lipinski definition) is 2. The summed E-state index contributed by atoms with van der Waals surface area (Å²) in [5, 5.41) is 19.3. The highest BCUT2D eigenvalue weighted by molar-refractivity contribution is 5.91. The number of nitrogens with zero attached hydrogens (tertiary/aromatic N) is 2. The molecule has 0 aliphatic carbocycles. The average Bonchev–Trinajstić information content (AvgIpc) is 2.26. The van der Waals surface area contributed by atoms with Crippen molar-refractivity contribution in [2.45, 2.75) is 78.4 Å². The van der Waals surface area contributed by atoms with E-state index in [1.807, 2.05) is 0 Å². The largest absolute Gasteiger partial charge is 0.387 e. The number of aliphatic hydroxyl groups excluding tert-OH is 1. The van der Waals surface area contributed by atoms with Crippen LogP contribution in [0.4, 0.5) is 0 Å². The van der Waals surface area contributed by atoms with E-state index in [0.717, 1.165) is 25.7 Å². The van der Waals surface area contributed by atoms with Gasteiger partial charge in [0.25, 0.3) is 0 Å². The number of aliphatic imine (C=N–C) groups is 2. The molecule has 0 aromatic heterocycles. The van der Waals surface area contributed by atoms with Gasteiger partial charge in [0.05, 0.1) is 6.10 Å². The maximum atomic E-state index is 9.83. The smallest absolute Gasteiger partial charge is 0.162 e. The highest BCUT2D eigenvalue weighted by Gasteiger charge is 2.15. The maximum absolute atomic E-state index is 9.83. The molecule has 0 aromatic carbocycles. The molecule has 0 spiro atoms. The van der Waals surface area contributed by atoms with Crippen LogP contribution in [0.1, 0.15) is 60.3 Å². The van der Waals surface area contributed by atoms with E-state index in [4.69, 9.17) is 4.74 Å². The summed E-state index contributed by atoms with van der Waals surface area (Å²) in [6.07, 6.45) is 4.37. The van der Waals surface area contributed by atoms with Gasteiger partial charge in [-0.1, -0.05) is 26.2 Å². The van der Waals surface area contributed by atoms with Crippen LogP contribution in [-0.2, 0) is 4.74 Å². The summed E-state index contributed by atoms with van der Waals surface area (Å²) in [4.78, 5) is 8.11. The van der Waals surface area contributed by atoms with Crippen molar-refractivity contribution < 1.29 is 14.9 Å². The van der Waals surface area contributed by atoms with Gasteiger partial charge in [-0.2, -0.15) is 0 Å². The molecule has 0 aliphatic heterocycles. The molecule has 0 saturated heterocycles. The van der Waals surface area contributed by atoms with Gasteiger partial charge < -0.3 is 14.9 Å².